The van der Waals surface area contributed by atoms with Crippen LogP contribution in [0.4, 0.5) is 0 Å². The Morgan fingerprint density at radius 1 is 1.18 bits per heavy atom. The molecule has 0 unspecified atom stereocenters. The zero-order valence-electron chi connectivity index (χ0n) is 10.7. The number of methoxy groups -OCH3 is 1. The molecule has 0 aliphatic carbocycles. The number of benzene rings is 1. The van der Waals surface area contributed by atoms with Gasteiger partial charge in [-0.25, -0.2) is 0 Å². The van der Waals surface area contributed by atoms with Crippen LogP contribution in [-0.4, -0.2) is 17.8 Å². The van der Waals surface area contributed by atoms with Gasteiger partial charge in [0.2, 0.25) is 0 Å². The van der Waals surface area contributed by atoms with E-state index in [4.69, 9.17) is 4.74 Å². The highest BCUT2D eigenvalue weighted by molar-refractivity contribution is 9.09. The molecule has 0 aliphatic heterocycles. The molecule has 0 amide bonds. The smallest absolute Gasteiger partial charge is 0.122 e. The summed E-state index contributed by atoms with van der Waals surface area (Å²) < 4.78 is 5.43. The van der Waals surface area contributed by atoms with Gasteiger partial charge in [-0.1, -0.05) is 63.9 Å². The molecule has 1 aromatic carbocycles. The third kappa shape index (κ3) is 3.47. The molecule has 0 N–H and O–H groups in total. The minimum atomic E-state index is 0.231. The number of hydrogen-bond donors (Lipinski definition) is 0. The van der Waals surface area contributed by atoms with E-state index in [2.05, 4.69) is 57.8 Å². The molecule has 0 aliphatic rings. The van der Waals surface area contributed by atoms with Gasteiger partial charge in [-0.2, -0.15) is 0 Å². The first-order valence-electron chi connectivity index (χ1n) is 5.83. The molecule has 0 aromatic heterocycles. The molecule has 1 rings (SSSR count). The third-order valence-corrected chi connectivity index (χ3v) is 5.73. The predicted octanol–water partition coefficient (Wildman–Crippen LogP) is 4.67. The van der Waals surface area contributed by atoms with Crippen molar-refractivity contribution in [2.75, 3.05) is 17.8 Å². The molecular formula is C14H20Br2O. The molecule has 1 aromatic rings. The molecular weight excluding hydrogens is 344 g/mol. The Balaban J connectivity index is 3.01. The molecule has 0 fully saturated rings. The Kier molecular flexibility index (Phi) is 6.01. The van der Waals surface area contributed by atoms with E-state index in [0.717, 1.165) is 22.8 Å². The fraction of sp³-hybridized carbons (Fsp3) is 0.571. The van der Waals surface area contributed by atoms with Gasteiger partial charge in [-0.15, -0.1) is 0 Å². The quantitative estimate of drug-likeness (QED) is 0.667. The van der Waals surface area contributed by atoms with Gasteiger partial charge in [0.15, 0.2) is 0 Å². The van der Waals surface area contributed by atoms with Gasteiger partial charge in [0.1, 0.15) is 5.75 Å². The van der Waals surface area contributed by atoms with Crippen molar-refractivity contribution < 1.29 is 4.74 Å². The molecule has 0 heterocycles. The van der Waals surface area contributed by atoms with Crippen LogP contribution in [0.15, 0.2) is 24.3 Å². The van der Waals surface area contributed by atoms with Crippen LogP contribution in [-0.2, 0) is 6.42 Å². The van der Waals surface area contributed by atoms with E-state index in [0.29, 0.717) is 5.92 Å². The Morgan fingerprint density at radius 3 is 2.24 bits per heavy atom. The van der Waals surface area contributed by atoms with Crippen molar-refractivity contribution in [3.8, 4) is 5.75 Å². The van der Waals surface area contributed by atoms with E-state index in [9.17, 15) is 0 Å². The Labute approximate surface area is 121 Å². The summed E-state index contributed by atoms with van der Waals surface area (Å²) in [5.74, 6) is 1.59. The fourth-order valence-corrected chi connectivity index (χ4v) is 4.49. The number of para-hydroxylation sites is 1. The maximum absolute atomic E-state index is 5.43. The Bertz CT molecular complexity index is 346. The van der Waals surface area contributed by atoms with E-state index in [1.165, 1.54) is 5.56 Å². The van der Waals surface area contributed by atoms with Crippen LogP contribution in [0.1, 0.15) is 19.4 Å². The van der Waals surface area contributed by atoms with Gasteiger partial charge in [-0.05, 0) is 29.4 Å². The first kappa shape index (κ1) is 15.0. The van der Waals surface area contributed by atoms with Crippen molar-refractivity contribution in [1.82, 2.24) is 0 Å². The lowest BCUT2D eigenvalue weighted by Gasteiger charge is -2.35. The molecule has 3 heteroatoms. The van der Waals surface area contributed by atoms with Crippen LogP contribution in [0.5, 0.6) is 5.75 Å². The summed E-state index contributed by atoms with van der Waals surface area (Å²) in [5, 5.41) is 1.97. The third-order valence-electron chi connectivity index (χ3n) is 3.49. The summed E-state index contributed by atoms with van der Waals surface area (Å²) in [7, 11) is 1.73. The summed E-state index contributed by atoms with van der Waals surface area (Å²) >= 11 is 7.33. The standard InChI is InChI=1S/C14H20Br2O/c1-11(2)14(9-15,10-16)8-12-6-4-5-7-13(12)17-3/h4-7,11H,8-10H2,1-3H3. The van der Waals surface area contributed by atoms with Crippen LogP contribution in [0, 0.1) is 11.3 Å². The van der Waals surface area contributed by atoms with Crippen molar-refractivity contribution in [2.45, 2.75) is 20.3 Å². The van der Waals surface area contributed by atoms with E-state index in [1.54, 1.807) is 7.11 Å². The molecule has 0 saturated carbocycles. The largest absolute Gasteiger partial charge is 0.496 e. The average molecular weight is 364 g/mol. The molecule has 0 saturated heterocycles. The average Bonchev–Trinajstić information content (AvgIpc) is 2.36. The highest BCUT2D eigenvalue weighted by Crippen LogP contribution is 2.37. The van der Waals surface area contributed by atoms with Gasteiger partial charge >= 0.3 is 0 Å². The summed E-state index contributed by atoms with van der Waals surface area (Å²) in [6, 6.07) is 8.28. The van der Waals surface area contributed by atoms with Gasteiger partial charge < -0.3 is 4.74 Å². The van der Waals surface area contributed by atoms with Crippen molar-refractivity contribution >= 4 is 31.9 Å². The van der Waals surface area contributed by atoms with Gasteiger partial charge in [-0.3, -0.25) is 0 Å². The summed E-state index contributed by atoms with van der Waals surface area (Å²) in [6.45, 7) is 4.55. The first-order valence-corrected chi connectivity index (χ1v) is 8.07. The second-order valence-electron chi connectivity index (χ2n) is 4.77. The molecule has 0 spiro atoms. The van der Waals surface area contributed by atoms with E-state index < -0.39 is 0 Å². The fourth-order valence-electron chi connectivity index (χ4n) is 1.87. The Morgan fingerprint density at radius 2 is 1.76 bits per heavy atom. The number of alkyl halides is 2. The number of hydrogen-bond acceptors (Lipinski definition) is 1. The SMILES string of the molecule is COc1ccccc1CC(CBr)(CBr)C(C)C. The zero-order chi connectivity index (χ0) is 12.9. The lowest BCUT2D eigenvalue weighted by molar-refractivity contribution is 0.264. The van der Waals surface area contributed by atoms with Crippen molar-refractivity contribution in [3.63, 3.8) is 0 Å². The highest BCUT2D eigenvalue weighted by Gasteiger charge is 2.32. The Hall–Kier alpha value is -0.0200. The molecule has 96 valence electrons. The van der Waals surface area contributed by atoms with Crippen molar-refractivity contribution in [1.29, 1.82) is 0 Å². The minimum Gasteiger partial charge on any atom is -0.496 e. The normalized spacial score (nSPS) is 11.9. The van der Waals surface area contributed by atoms with E-state index in [1.807, 2.05) is 12.1 Å². The topological polar surface area (TPSA) is 9.23 Å². The van der Waals surface area contributed by atoms with Crippen LogP contribution < -0.4 is 4.74 Å². The monoisotopic (exact) mass is 362 g/mol. The summed E-state index contributed by atoms with van der Waals surface area (Å²) in [4.78, 5) is 0. The maximum Gasteiger partial charge on any atom is 0.122 e. The molecule has 0 bridgehead atoms. The van der Waals surface area contributed by atoms with Gasteiger partial charge in [0.05, 0.1) is 7.11 Å². The summed E-state index contributed by atoms with van der Waals surface area (Å²) in [5.41, 5.74) is 1.51. The first-order chi connectivity index (χ1) is 8.09. The molecule has 0 atom stereocenters. The van der Waals surface area contributed by atoms with E-state index in [-0.39, 0.29) is 5.41 Å². The summed E-state index contributed by atoms with van der Waals surface area (Å²) in [6.07, 6.45) is 1.02. The minimum absolute atomic E-state index is 0.231. The molecule has 17 heavy (non-hydrogen) atoms. The van der Waals surface area contributed by atoms with Crippen molar-refractivity contribution in [2.24, 2.45) is 11.3 Å². The van der Waals surface area contributed by atoms with Crippen LogP contribution in [0.2, 0.25) is 0 Å². The van der Waals surface area contributed by atoms with Crippen LogP contribution in [0.25, 0.3) is 0 Å². The zero-order valence-corrected chi connectivity index (χ0v) is 13.8. The number of ether oxygens (including phenoxy) is 1. The lowest BCUT2D eigenvalue weighted by atomic mass is 9.76. The van der Waals surface area contributed by atoms with Crippen molar-refractivity contribution in [3.05, 3.63) is 29.8 Å². The van der Waals surface area contributed by atoms with Gasteiger partial charge in [0.25, 0.3) is 0 Å². The number of halogens is 2. The highest BCUT2D eigenvalue weighted by atomic mass is 79.9. The maximum atomic E-state index is 5.43. The number of rotatable bonds is 6. The second kappa shape index (κ2) is 6.79. The van der Waals surface area contributed by atoms with Crippen LogP contribution in [0.3, 0.4) is 0 Å². The van der Waals surface area contributed by atoms with Gasteiger partial charge in [0, 0.05) is 10.7 Å². The molecule has 1 nitrogen and oxygen atoms in total. The molecule has 0 radical (unpaired) electrons. The van der Waals surface area contributed by atoms with E-state index >= 15 is 0 Å². The lowest BCUT2D eigenvalue weighted by Crippen LogP contribution is -2.33. The van der Waals surface area contributed by atoms with Crippen LogP contribution >= 0.6 is 31.9 Å². The second-order valence-corrected chi connectivity index (χ2v) is 5.89. The predicted molar refractivity (Wildman–Crippen MR) is 81.6 cm³/mol.